The monoisotopic (exact) mass is 333 g/mol. The molecule has 0 aliphatic rings. The molecular weight excluding hydrogens is 327 g/mol. The van der Waals surface area contributed by atoms with Crippen LogP contribution in [0.25, 0.3) is 0 Å². The number of benzene rings is 1. The van der Waals surface area contributed by atoms with E-state index in [1.54, 1.807) is 0 Å². The molecule has 0 amide bonds. The molecule has 0 fully saturated rings. The first-order valence-electron chi connectivity index (χ1n) is 4.80. The molecule has 1 aromatic heterocycles. The van der Waals surface area contributed by atoms with Crippen molar-refractivity contribution in [3.63, 3.8) is 0 Å². The molecule has 94 valence electrons. The molecule has 0 unspecified atom stereocenters. The van der Waals surface area contributed by atoms with Gasteiger partial charge < -0.3 is 11.1 Å². The fourth-order valence-electron chi connectivity index (χ4n) is 1.29. The summed E-state index contributed by atoms with van der Waals surface area (Å²) in [6.07, 6.45) is 1.38. The summed E-state index contributed by atoms with van der Waals surface area (Å²) in [6, 6.07) is 3.50. The van der Waals surface area contributed by atoms with Gasteiger partial charge >= 0.3 is 0 Å². The summed E-state index contributed by atoms with van der Waals surface area (Å²) in [5.41, 5.74) is 5.94. The first kappa shape index (κ1) is 13.0. The highest BCUT2D eigenvalue weighted by Crippen LogP contribution is 2.29. The first-order valence-corrected chi connectivity index (χ1v) is 5.97. The predicted molar refractivity (Wildman–Crippen MR) is 71.0 cm³/mol. The third-order valence-electron chi connectivity index (χ3n) is 2.13. The Bertz CT molecular complexity index is 607. The lowest BCUT2D eigenvalue weighted by Gasteiger charge is -2.09. The van der Waals surface area contributed by atoms with Crippen LogP contribution < -0.4 is 11.1 Å². The van der Waals surface area contributed by atoms with Crippen LogP contribution in [0.2, 0.25) is 5.02 Å². The summed E-state index contributed by atoms with van der Waals surface area (Å²) < 4.78 is 26.7. The van der Waals surface area contributed by atoms with Crippen LogP contribution in [0, 0.1) is 11.6 Å². The maximum atomic E-state index is 13.5. The quantitative estimate of drug-likeness (QED) is 0.813. The van der Waals surface area contributed by atoms with E-state index >= 15 is 0 Å². The Morgan fingerprint density at radius 3 is 2.61 bits per heavy atom. The van der Waals surface area contributed by atoms with Gasteiger partial charge in [0.15, 0.2) is 0 Å². The van der Waals surface area contributed by atoms with Crippen LogP contribution in [0.3, 0.4) is 0 Å². The molecule has 0 atom stereocenters. The highest BCUT2D eigenvalue weighted by Gasteiger charge is 2.10. The number of nitrogens with two attached hydrogens (primary N) is 1. The van der Waals surface area contributed by atoms with Crippen LogP contribution in [-0.2, 0) is 0 Å². The number of nitrogen functional groups attached to an aromatic ring is 1. The van der Waals surface area contributed by atoms with Gasteiger partial charge in [-0.15, -0.1) is 0 Å². The smallest absolute Gasteiger partial charge is 0.149 e. The molecule has 2 aromatic rings. The van der Waals surface area contributed by atoms with E-state index in [2.05, 4.69) is 26.2 Å². The molecule has 0 bridgehead atoms. The Balaban J connectivity index is 2.37. The minimum atomic E-state index is -0.745. The first-order chi connectivity index (χ1) is 8.47. The van der Waals surface area contributed by atoms with Gasteiger partial charge in [0.1, 0.15) is 17.5 Å². The van der Waals surface area contributed by atoms with Crippen LogP contribution >= 0.6 is 27.5 Å². The zero-order valence-electron chi connectivity index (χ0n) is 8.85. The Labute approximate surface area is 115 Å². The average Bonchev–Trinajstić information content (AvgIpc) is 2.29. The van der Waals surface area contributed by atoms with Gasteiger partial charge in [-0.2, -0.15) is 0 Å². The number of hydrogen-bond donors (Lipinski definition) is 2. The third kappa shape index (κ3) is 2.70. The van der Waals surface area contributed by atoms with E-state index in [0.29, 0.717) is 5.69 Å². The SMILES string of the molecule is Nc1cnc(Nc2cc(Br)c(F)cc2F)c(Cl)c1. The summed E-state index contributed by atoms with van der Waals surface area (Å²) in [7, 11) is 0. The van der Waals surface area contributed by atoms with Gasteiger partial charge in [0.05, 0.1) is 27.1 Å². The number of anilines is 3. The summed E-state index contributed by atoms with van der Waals surface area (Å²) >= 11 is 8.86. The number of hydrogen-bond acceptors (Lipinski definition) is 3. The lowest BCUT2D eigenvalue weighted by atomic mass is 10.3. The van der Waals surface area contributed by atoms with Gasteiger partial charge in [-0.25, -0.2) is 13.8 Å². The molecule has 18 heavy (non-hydrogen) atoms. The second kappa shape index (κ2) is 5.07. The zero-order chi connectivity index (χ0) is 13.3. The van der Waals surface area contributed by atoms with Gasteiger partial charge in [-0.05, 0) is 28.1 Å². The zero-order valence-corrected chi connectivity index (χ0v) is 11.2. The molecule has 1 aromatic carbocycles. The van der Waals surface area contributed by atoms with Crippen LogP contribution in [-0.4, -0.2) is 4.98 Å². The van der Waals surface area contributed by atoms with E-state index in [0.717, 1.165) is 6.07 Å². The topological polar surface area (TPSA) is 50.9 Å². The van der Waals surface area contributed by atoms with Crippen molar-refractivity contribution in [1.82, 2.24) is 4.98 Å². The maximum Gasteiger partial charge on any atom is 0.149 e. The molecule has 0 aliphatic carbocycles. The minimum Gasteiger partial charge on any atom is -0.397 e. The Kier molecular flexibility index (Phi) is 3.68. The Morgan fingerprint density at radius 2 is 1.94 bits per heavy atom. The molecule has 0 spiro atoms. The Morgan fingerprint density at radius 1 is 1.22 bits per heavy atom. The number of halogens is 4. The van der Waals surface area contributed by atoms with E-state index in [4.69, 9.17) is 17.3 Å². The lowest BCUT2D eigenvalue weighted by Crippen LogP contribution is -1.99. The van der Waals surface area contributed by atoms with E-state index in [1.165, 1.54) is 18.3 Å². The van der Waals surface area contributed by atoms with Crippen molar-refractivity contribution in [3.8, 4) is 0 Å². The van der Waals surface area contributed by atoms with Crippen molar-refractivity contribution in [2.75, 3.05) is 11.1 Å². The number of nitrogens with zero attached hydrogens (tertiary/aromatic N) is 1. The van der Waals surface area contributed by atoms with Gasteiger partial charge in [0.25, 0.3) is 0 Å². The van der Waals surface area contributed by atoms with Crippen molar-refractivity contribution in [1.29, 1.82) is 0 Å². The molecule has 3 N–H and O–H groups in total. The fraction of sp³-hybridized carbons (Fsp3) is 0. The number of nitrogens with one attached hydrogen (secondary N) is 1. The number of rotatable bonds is 2. The van der Waals surface area contributed by atoms with Crippen molar-refractivity contribution in [2.24, 2.45) is 0 Å². The maximum absolute atomic E-state index is 13.5. The molecule has 1 heterocycles. The second-order valence-corrected chi connectivity index (χ2v) is 4.73. The fourth-order valence-corrected chi connectivity index (χ4v) is 1.86. The molecule has 7 heteroatoms. The van der Waals surface area contributed by atoms with E-state index in [1.807, 2.05) is 0 Å². The lowest BCUT2D eigenvalue weighted by molar-refractivity contribution is 0.581. The van der Waals surface area contributed by atoms with Crippen LogP contribution in [0.1, 0.15) is 0 Å². The normalized spacial score (nSPS) is 10.4. The van der Waals surface area contributed by atoms with Crippen molar-refractivity contribution >= 4 is 44.7 Å². The van der Waals surface area contributed by atoms with E-state index < -0.39 is 11.6 Å². The van der Waals surface area contributed by atoms with E-state index in [9.17, 15) is 8.78 Å². The minimum absolute atomic E-state index is 0.0578. The van der Waals surface area contributed by atoms with Crippen molar-refractivity contribution in [2.45, 2.75) is 0 Å². The molecule has 0 saturated heterocycles. The van der Waals surface area contributed by atoms with Gasteiger partial charge in [0, 0.05) is 6.07 Å². The molecule has 0 saturated carbocycles. The molecule has 2 rings (SSSR count). The van der Waals surface area contributed by atoms with Gasteiger partial charge in [0.2, 0.25) is 0 Å². The predicted octanol–water partition coefficient (Wildman–Crippen LogP) is 4.10. The molecular formula is C11H7BrClF2N3. The van der Waals surface area contributed by atoms with Crippen LogP contribution in [0.4, 0.5) is 26.0 Å². The largest absolute Gasteiger partial charge is 0.397 e. The second-order valence-electron chi connectivity index (χ2n) is 3.47. The van der Waals surface area contributed by atoms with Crippen molar-refractivity contribution < 1.29 is 8.78 Å². The summed E-state index contributed by atoms with van der Waals surface area (Å²) in [5, 5.41) is 2.91. The van der Waals surface area contributed by atoms with E-state index in [-0.39, 0.29) is 21.0 Å². The highest BCUT2D eigenvalue weighted by molar-refractivity contribution is 9.10. The van der Waals surface area contributed by atoms with Crippen LogP contribution in [0.5, 0.6) is 0 Å². The summed E-state index contributed by atoms with van der Waals surface area (Å²) in [5.74, 6) is -1.19. The molecule has 3 nitrogen and oxygen atoms in total. The summed E-state index contributed by atoms with van der Waals surface area (Å²) in [4.78, 5) is 3.92. The Hall–Kier alpha value is -1.40. The van der Waals surface area contributed by atoms with Crippen molar-refractivity contribution in [3.05, 3.63) is 45.5 Å². The molecule has 0 radical (unpaired) electrons. The number of pyridine rings is 1. The number of aromatic nitrogens is 1. The average molecular weight is 335 g/mol. The molecule has 0 aliphatic heterocycles. The highest BCUT2D eigenvalue weighted by atomic mass is 79.9. The van der Waals surface area contributed by atoms with Gasteiger partial charge in [-0.3, -0.25) is 0 Å². The third-order valence-corrected chi connectivity index (χ3v) is 3.02. The van der Waals surface area contributed by atoms with Gasteiger partial charge in [-0.1, -0.05) is 11.6 Å². The van der Waals surface area contributed by atoms with Crippen LogP contribution in [0.15, 0.2) is 28.9 Å². The standard InChI is InChI=1S/C11H7BrClF2N3/c12-6-2-10(9(15)3-8(6)14)18-11-7(13)1-5(16)4-17-11/h1-4H,16H2,(H,17,18). The summed E-state index contributed by atoms with van der Waals surface area (Å²) in [6.45, 7) is 0.